The van der Waals surface area contributed by atoms with E-state index >= 15 is 0 Å². The van der Waals surface area contributed by atoms with Crippen LogP contribution in [0.4, 0.5) is 0 Å². The Morgan fingerprint density at radius 1 is 1.21 bits per heavy atom. The second-order valence-corrected chi connectivity index (χ2v) is 17.4. The lowest BCUT2D eigenvalue weighted by Gasteiger charge is -2.15. The number of ether oxygens (including phenoxy) is 1. The molecule has 0 aliphatic carbocycles. The Hall–Kier alpha value is -2.27. The summed E-state index contributed by atoms with van der Waals surface area (Å²) in [5.41, 5.74) is 1.95. The molecule has 0 N–H and O–H groups in total. The Morgan fingerprint density at radius 3 is 2.64 bits per heavy atom. The predicted molar refractivity (Wildman–Crippen MR) is 137 cm³/mol. The maximum atomic E-state index is 13.5. The van der Waals surface area contributed by atoms with Crippen LogP contribution in [0.2, 0.25) is 25.7 Å². The third-order valence-corrected chi connectivity index (χ3v) is 9.03. The van der Waals surface area contributed by atoms with Gasteiger partial charge in [0, 0.05) is 43.6 Å². The summed E-state index contributed by atoms with van der Waals surface area (Å²) in [6, 6.07) is 9.27. The van der Waals surface area contributed by atoms with Gasteiger partial charge in [-0.25, -0.2) is 22.1 Å². The van der Waals surface area contributed by atoms with Crippen molar-refractivity contribution < 1.29 is 15.9 Å². The number of rotatable bonds is 8. The van der Waals surface area contributed by atoms with Crippen molar-refractivity contribution in [3.05, 3.63) is 65.2 Å². The van der Waals surface area contributed by atoms with Crippen molar-refractivity contribution in [2.75, 3.05) is 6.61 Å². The molecule has 3 heterocycles. The molecule has 0 saturated heterocycles. The molecule has 3 aromatic heterocycles. The van der Waals surface area contributed by atoms with Gasteiger partial charge < -0.3 is 4.74 Å². The van der Waals surface area contributed by atoms with Crippen LogP contribution in [0.25, 0.3) is 22.0 Å². The van der Waals surface area contributed by atoms with Crippen molar-refractivity contribution in [3.8, 4) is 11.1 Å². The molecule has 7 nitrogen and oxygen atoms in total. The standard InChI is InChI=1S/C23H27BrN4O3SSi/c1-17-5-7-19(8-6-17)32(29,30)28-15-21(20-11-23(24)25-13-22(20)28)18-12-26-27(14-18)16-31-9-10-33(2,3)4/h5-8,11-15H,9-10,16H2,1-4H3/i12D,14D. The second kappa shape index (κ2) is 9.17. The molecule has 0 radical (unpaired) electrons. The smallest absolute Gasteiger partial charge is 0.268 e. The SMILES string of the molecule is [2H]c1nn(COCC[Si](C)(C)C)c([2H])c1-c1cn(S(=O)(=O)c2ccc(C)cc2)c2cnc(Br)cc12. The van der Waals surface area contributed by atoms with Gasteiger partial charge in [0.1, 0.15) is 11.3 Å². The molecular weight excluding hydrogens is 520 g/mol. The maximum absolute atomic E-state index is 13.5. The Labute approximate surface area is 206 Å². The summed E-state index contributed by atoms with van der Waals surface area (Å²) in [6.45, 7) is 9.28. The van der Waals surface area contributed by atoms with E-state index < -0.39 is 18.1 Å². The van der Waals surface area contributed by atoms with Gasteiger partial charge in [0.15, 0.2) is 0 Å². The molecule has 33 heavy (non-hydrogen) atoms. The summed E-state index contributed by atoms with van der Waals surface area (Å²) in [4.78, 5) is 4.35. The van der Waals surface area contributed by atoms with E-state index in [2.05, 4.69) is 45.7 Å². The molecular formula is C23H27BrN4O3SSi. The maximum Gasteiger partial charge on any atom is 0.268 e. The van der Waals surface area contributed by atoms with Crippen LogP contribution in [-0.2, 0) is 21.5 Å². The van der Waals surface area contributed by atoms with Crippen LogP contribution in [0.15, 0.2) is 64.6 Å². The van der Waals surface area contributed by atoms with Crippen molar-refractivity contribution in [3.63, 3.8) is 0 Å². The van der Waals surface area contributed by atoms with E-state index in [-0.39, 0.29) is 29.5 Å². The zero-order chi connectivity index (χ0) is 25.5. The molecule has 4 rings (SSSR count). The summed E-state index contributed by atoms with van der Waals surface area (Å²) < 4.78 is 52.9. The number of aromatic nitrogens is 4. The molecule has 0 unspecified atom stereocenters. The van der Waals surface area contributed by atoms with Crippen molar-refractivity contribution in [2.24, 2.45) is 0 Å². The molecule has 0 fully saturated rings. The molecule has 0 bridgehead atoms. The van der Waals surface area contributed by atoms with E-state index in [0.717, 1.165) is 15.6 Å². The first-order chi connectivity index (χ1) is 16.4. The highest BCUT2D eigenvalue weighted by molar-refractivity contribution is 9.10. The lowest BCUT2D eigenvalue weighted by Crippen LogP contribution is -2.22. The van der Waals surface area contributed by atoms with Crippen LogP contribution in [-0.4, -0.2) is 41.8 Å². The fraction of sp³-hybridized carbons (Fsp3) is 0.304. The summed E-state index contributed by atoms with van der Waals surface area (Å²) >= 11 is 3.35. The Balaban J connectivity index is 1.79. The average Bonchev–Trinajstić information content (AvgIpc) is 3.27. The summed E-state index contributed by atoms with van der Waals surface area (Å²) in [7, 11) is -5.20. The van der Waals surface area contributed by atoms with Gasteiger partial charge in [0.2, 0.25) is 0 Å². The Bertz CT molecular complexity index is 1500. The van der Waals surface area contributed by atoms with Gasteiger partial charge in [-0.1, -0.05) is 37.3 Å². The van der Waals surface area contributed by atoms with Crippen molar-refractivity contribution in [1.82, 2.24) is 18.7 Å². The van der Waals surface area contributed by atoms with Crippen LogP contribution in [0, 0.1) is 6.92 Å². The minimum absolute atomic E-state index is 0.0114. The molecule has 1 aromatic carbocycles. The molecule has 0 aliphatic heterocycles. The van der Waals surface area contributed by atoms with E-state index in [1.165, 1.54) is 17.1 Å². The molecule has 0 amide bonds. The minimum Gasteiger partial charge on any atom is -0.360 e. The van der Waals surface area contributed by atoms with Crippen LogP contribution in [0.3, 0.4) is 0 Å². The Kier molecular flexibility index (Phi) is 5.91. The van der Waals surface area contributed by atoms with Crippen molar-refractivity contribution in [2.45, 2.75) is 44.2 Å². The molecule has 0 atom stereocenters. The fourth-order valence-electron chi connectivity index (χ4n) is 3.29. The number of halogens is 1. The molecule has 0 spiro atoms. The highest BCUT2D eigenvalue weighted by Crippen LogP contribution is 2.34. The number of benzene rings is 1. The molecule has 0 aliphatic rings. The van der Waals surface area contributed by atoms with Gasteiger partial charge >= 0.3 is 0 Å². The van der Waals surface area contributed by atoms with Gasteiger partial charge in [-0.15, -0.1) is 0 Å². The van der Waals surface area contributed by atoms with E-state index in [1.807, 2.05) is 6.92 Å². The van der Waals surface area contributed by atoms with Gasteiger partial charge in [-0.05, 0) is 47.1 Å². The van der Waals surface area contributed by atoms with Gasteiger partial charge in [-0.3, -0.25) is 0 Å². The zero-order valence-corrected chi connectivity index (χ0v) is 22.4. The monoisotopic (exact) mass is 548 g/mol. The molecule has 10 heteroatoms. The predicted octanol–water partition coefficient (Wildman–Crippen LogP) is 5.52. The average molecular weight is 550 g/mol. The van der Waals surface area contributed by atoms with Gasteiger partial charge in [0.05, 0.1) is 25.5 Å². The molecule has 4 aromatic rings. The Morgan fingerprint density at radius 2 is 1.94 bits per heavy atom. The summed E-state index contributed by atoms with van der Waals surface area (Å²) in [6.07, 6.45) is 2.77. The lowest BCUT2D eigenvalue weighted by molar-refractivity contribution is 0.0786. The van der Waals surface area contributed by atoms with E-state index in [0.29, 0.717) is 27.7 Å². The number of aryl methyl sites for hydroxylation is 1. The van der Waals surface area contributed by atoms with E-state index in [9.17, 15) is 8.42 Å². The molecule has 174 valence electrons. The third-order valence-electron chi connectivity index (χ3n) is 5.20. The first-order valence-electron chi connectivity index (χ1n) is 11.5. The van der Waals surface area contributed by atoms with Crippen LogP contribution in [0.1, 0.15) is 8.30 Å². The fourth-order valence-corrected chi connectivity index (χ4v) is 5.74. The van der Waals surface area contributed by atoms with Crippen molar-refractivity contribution in [1.29, 1.82) is 0 Å². The number of hydrogen-bond donors (Lipinski definition) is 0. The summed E-state index contributed by atoms with van der Waals surface area (Å²) in [5, 5.41) is 4.73. The quantitative estimate of drug-likeness (QED) is 0.164. The second-order valence-electron chi connectivity index (χ2n) is 9.13. The van der Waals surface area contributed by atoms with Crippen molar-refractivity contribution >= 4 is 44.9 Å². The van der Waals surface area contributed by atoms with E-state index in [4.69, 9.17) is 7.48 Å². The van der Waals surface area contributed by atoms with Crippen LogP contribution in [0.5, 0.6) is 0 Å². The number of hydrogen-bond acceptors (Lipinski definition) is 5. The lowest BCUT2D eigenvalue weighted by atomic mass is 10.1. The van der Waals surface area contributed by atoms with Gasteiger partial charge in [-0.2, -0.15) is 5.10 Å². The zero-order valence-electron chi connectivity index (χ0n) is 21.0. The third kappa shape index (κ3) is 5.29. The highest BCUT2D eigenvalue weighted by atomic mass is 79.9. The number of fused-ring (bicyclic) bond motifs is 1. The first kappa shape index (κ1) is 21.3. The van der Waals surface area contributed by atoms with Crippen LogP contribution < -0.4 is 0 Å². The number of nitrogens with zero attached hydrogens (tertiary/aromatic N) is 4. The number of pyridine rings is 1. The summed E-state index contributed by atoms with van der Waals surface area (Å²) in [5.74, 6) is 0. The first-order valence-corrected chi connectivity index (χ1v) is 16.4. The van der Waals surface area contributed by atoms with Gasteiger partial charge in [0.25, 0.3) is 10.0 Å². The topological polar surface area (TPSA) is 79.0 Å². The largest absolute Gasteiger partial charge is 0.360 e. The minimum atomic E-state index is -3.94. The normalized spacial score (nSPS) is 13.4. The van der Waals surface area contributed by atoms with E-state index in [1.54, 1.807) is 30.3 Å². The highest BCUT2D eigenvalue weighted by Gasteiger charge is 2.23. The molecule has 0 saturated carbocycles. The van der Waals surface area contributed by atoms with Crippen LogP contribution >= 0.6 is 15.9 Å².